The van der Waals surface area contributed by atoms with Gasteiger partial charge in [0.1, 0.15) is 29.7 Å². The zero-order chi connectivity index (χ0) is 52.1. The SMILES string of the molecule is CCn1cc(C(=O)O)c(=O)c2cc(F)c(N3CCN(C(=O)OCc4ccc(NC(=O)[C@H](CCCNC(N)=O)n5cc([C@@H](NC(=O)CNC(=O)CCCCCN6C(=O)CCC6=O)C(C)C)nn5)cc4)CC3)cc21. The Kier molecular flexibility index (Phi) is 18.4. The number of likely N-dealkylation sites (tertiary alicyclic amines) is 1. The molecule has 2 atom stereocenters. The van der Waals surface area contributed by atoms with Crippen molar-refractivity contribution in [3.05, 3.63) is 81.7 Å². The third-order valence-electron chi connectivity index (χ3n) is 12.5. The highest BCUT2D eigenvalue weighted by atomic mass is 19.1. The van der Waals surface area contributed by atoms with Crippen LogP contribution in [0.15, 0.2) is 53.6 Å². The fraction of sp³-hybridized carbons (Fsp3) is 0.479. The third kappa shape index (κ3) is 13.9. The number of nitrogens with one attached hydrogen (secondary N) is 4. The Bertz CT molecular complexity index is 2700. The monoisotopic (exact) mass is 1000 g/mol. The Hall–Kier alpha value is -7.92. The number of carboxylic acid groups (broad SMARTS) is 1. The zero-order valence-corrected chi connectivity index (χ0v) is 40.5. The molecule has 2 aliphatic heterocycles. The van der Waals surface area contributed by atoms with Crippen LogP contribution in [0, 0.1) is 11.7 Å². The number of carbonyl (C=O) groups excluding carboxylic acids is 7. The second-order valence-electron chi connectivity index (χ2n) is 17.9. The average molecular weight is 1000 g/mol. The number of urea groups is 1. The molecule has 6 rings (SSSR count). The minimum absolute atomic E-state index is 0.0358. The van der Waals surface area contributed by atoms with Crippen LogP contribution in [0.1, 0.15) is 106 Å². The van der Waals surface area contributed by atoms with E-state index in [0.29, 0.717) is 61.2 Å². The van der Waals surface area contributed by atoms with Gasteiger partial charge < -0.3 is 51.2 Å². The van der Waals surface area contributed by atoms with Gasteiger partial charge in [-0.1, -0.05) is 37.6 Å². The van der Waals surface area contributed by atoms with Gasteiger partial charge in [0.2, 0.25) is 35.0 Å². The number of nitrogens with two attached hydrogens (primary N) is 1. The molecule has 0 bridgehead atoms. The Morgan fingerprint density at radius 1 is 0.889 bits per heavy atom. The number of imide groups is 1. The molecular weight excluding hydrogens is 940 g/mol. The van der Waals surface area contributed by atoms with Crippen LogP contribution in [-0.4, -0.2) is 128 Å². The summed E-state index contributed by atoms with van der Waals surface area (Å²) in [5.41, 5.74) is 6.07. The summed E-state index contributed by atoms with van der Waals surface area (Å²) in [7, 11) is 0. The van der Waals surface area contributed by atoms with Gasteiger partial charge in [0.25, 0.3) is 0 Å². The standard InChI is InChI=1S/C48H61FN12O11/c1-4-57-26-33(46(68)69)44(66)32-23-34(49)38(24-37(32)57)58-19-21-59(22-20-58)48(71)72-28-30-11-13-31(14-12-30)53-45(67)36(9-8-17-51-47(50)70)61-27-35(55-56-61)43(29(2)3)54-40(63)25-52-39(62)10-6-5-7-18-60-41(64)15-16-42(60)65/h11-14,23-24,26-27,29,36,43H,4-10,15-22,25,28H2,1-3H3,(H,52,62)(H,53,67)(H,54,63)(H,68,69)(H3,50,51,70)/t36-,43-/m0/s1. The second-order valence-corrected chi connectivity index (χ2v) is 17.9. The van der Waals surface area contributed by atoms with Crippen molar-refractivity contribution in [2.75, 3.05) is 56.0 Å². The number of pyridine rings is 1. The molecule has 0 aliphatic carbocycles. The molecule has 2 saturated heterocycles. The fourth-order valence-corrected chi connectivity index (χ4v) is 8.49. The number of aromatic carboxylic acids is 1. The summed E-state index contributed by atoms with van der Waals surface area (Å²) in [6.45, 7) is 7.00. The number of primary amides is 1. The van der Waals surface area contributed by atoms with Gasteiger partial charge in [-0.25, -0.2) is 23.5 Å². The molecule has 0 saturated carbocycles. The first kappa shape index (κ1) is 53.4. The third-order valence-corrected chi connectivity index (χ3v) is 12.5. The average Bonchev–Trinajstić information content (AvgIpc) is 3.96. The molecule has 8 amide bonds. The molecular formula is C48H61FN12O11. The summed E-state index contributed by atoms with van der Waals surface area (Å²) >= 11 is 0. The first-order chi connectivity index (χ1) is 34.4. The molecule has 24 heteroatoms. The van der Waals surface area contributed by atoms with Gasteiger partial charge in [0.05, 0.1) is 30.0 Å². The number of hydrogen-bond donors (Lipinski definition) is 6. The minimum atomic E-state index is -1.39. The Balaban J connectivity index is 0.986. The number of piperazine rings is 1. The lowest BCUT2D eigenvalue weighted by atomic mass is 10.0. The van der Waals surface area contributed by atoms with Crippen LogP contribution < -0.4 is 37.3 Å². The second kappa shape index (κ2) is 24.8. The lowest BCUT2D eigenvalue weighted by Crippen LogP contribution is -2.49. The zero-order valence-electron chi connectivity index (χ0n) is 40.5. The topological polar surface area (TPSA) is 303 Å². The van der Waals surface area contributed by atoms with Crippen molar-refractivity contribution in [3.63, 3.8) is 0 Å². The number of nitrogens with zero attached hydrogens (tertiary/aromatic N) is 7. The number of aryl methyl sites for hydroxylation is 1. The molecule has 72 heavy (non-hydrogen) atoms. The number of carbonyl (C=O) groups is 8. The number of hydrogen-bond acceptors (Lipinski definition) is 13. The molecule has 0 spiro atoms. The number of benzene rings is 2. The van der Waals surface area contributed by atoms with Crippen LogP contribution in [0.5, 0.6) is 0 Å². The van der Waals surface area contributed by atoms with Crippen molar-refractivity contribution in [2.45, 2.75) is 97.4 Å². The maximum absolute atomic E-state index is 15.4. The highest BCUT2D eigenvalue weighted by Gasteiger charge is 2.30. The predicted octanol–water partition coefficient (Wildman–Crippen LogP) is 3.18. The molecule has 2 aromatic carbocycles. The summed E-state index contributed by atoms with van der Waals surface area (Å²) in [5, 5.41) is 28.8. The smallest absolute Gasteiger partial charge is 0.410 e. The van der Waals surface area contributed by atoms with E-state index in [4.69, 9.17) is 10.5 Å². The van der Waals surface area contributed by atoms with Crippen molar-refractivity contribution in [2.24, 2.45) is 11.7 Å². The number of fused-ring (bicyclic) bond motifs is 1. The normalized spacial score (nSPS) is 14.6. The molecule has 386 valence electrons. The number of halogens is 1. The number of anilines is 2. The van der Waals surface area contributed by atoms with E-state index < -0.39 is 58.8 Å². The van der Waals surface area contributed by atoms with Gasteiger partial charge in [0.15, 0.2) is 0 Å². The quantitative estimate of drug-likeness (QED) is 0.0460. The van der Waals surface area contributed by atoms with Crippen LogP contribution in [0.4, 0.5) is 25.4 Å². The summed E-state index contributed by atoms with van der Waals surface area (Å²) in [6, 6.07) is 6.97. The van der Waals surface area contributed by atoms with E-state index in [1.165, 1.54) is 26.7 Å². The lowest BCUT2D eigenvalue weighted by Gasteiger charge is -2.35. The maximum Gasteiger partial charge on any atom is 0.410 e. The Morgan fingerprint density at radius 3 is 2.25 bits per heavy atom. The Morgan fingerprint density at radius 2 is 1.60 bits per heavy atom. The van der Waals surface area contributed by atoms with Crippen molar-refractivity contribution in [1.29, 1.82) is 0 Å². The van der Waals surface area contributed by atoms with Gasteiger partial charge >= 0.3 is 18.1 Å². The summed E-state index contributed by atoms with van der Waals surface area (Å²) in [5.74, 6) is -3.83. The van der Waals surface area contributed by atoms with E-state index in [0.717, 1.165) is 6.07 Å². The highest BCUT2D eigenvalue weighted by Crippen LogP contribution is 2.28. The molecule has 2 aliphatic rings. The van der Waals surface area contributed by atoms with Crippen molar-refractivity contribution < 1.29 is 52.6 Å². The van der Waals surface area contributed by atoms with Crippen molar-refractivity contribution in [3.8, 4) is 0 Å². The molecule has 4 heterocycles. The maximum atomic E-state index is 15.4. The first-order valence-corrected chi connectivity index (χ1v) is 23.9. The van der Waals surface area contributed by atoms with E-state index in [9.17, 15) is 48.3 Å². The number of amides is 8. The highest BCUT2D eigenvalue weighted by molar-refractivity contribution is 6.02. The van der Waals surface area contributed by atoms with Crippen LogP contribution in [0.3, 0.4) is 0 Å². The van der Waals surface area contributed by atoms with Crippen LogP contribution in [0.2, 0.25) is 0 Å². The number of rotatable bonds is 23. The predicted molar refractivity (Wildman–Crippen MR) is 259 cm³/mol. The molecule has 0 unspecified atom stereocenters. The first-order valence-electron chi connectivity index (χ1n) is 23.9. The number of aromatic nitrogens is 4. The summed E-state index contributed by atoms with van der Waals surface area (Å²) < 4.78 is 23.9. The largest absolute Gasteiger partial charge is 0.477 e. The fourth-order valence-electron chi connectivity index (χ4n) is 8.49. The molecule has 0 radical (unpaired) electrons. The van der Waals surface area contributed by atoms with Gasteiger partial charge in [-0.05, 0) is 68.4 Å². The molecule has 7 N–H and O–H groups in total. The van der Waals surface area contributed by atoms with Gasteiger partial charge in [-0.2, -0.15) is 0 Å². The molecule has 23 nitrogen and oxygen atoms in total. The molecule has 2 fully saturated rings. The van der Waals surface area contributed by atoms with Gasteiger partial charge in [0, 0.05) is 82.3 Å². The van der Waals surface area contributed by atoms with Gasteiger partial charge in [-0.3, -0.25) is 33.7 Å². The lowest BCUT2D eigenvalue weighted by molar-refractivity contribution is -0.138. The van der Waals surface area contributed by atoms with Crippen LogP contribution >= 0.6 is 0 Å². The van der Waals surface area contributed by atoms with Crippen molar-refractivity contribution >= 4 is 69.9 Å². The van der Waals surface area contributed by atoms with Crippen LogP contribution in [0.25, 0.3) is 10.9 Å². The van der Waals surface area contributed by atoms with Crippen LogP contribution in [-0.2, 0) is 41.9 Å². The number of carboxylic acids is 1. The minimum Gasteiger partial charge on any atom is -0.477 e. The van der Waals surface area contributed by atoms with E-state index >= 15 is 4.39 Å². The number of unbranched alkanes of at least 4 members (excludes halogenated alkanes) is 2. The Labute approximate surface area is 413 Å². The van der Waals surface area contributed by atoms with E-state index in [2.05, 4.69) is 31.6 Å². The number of ether oxygens (including phenoxy) is 1. The van der Waals surface area contributed by atoms with E-state index in [1.807, 2.05) is 13.8 Å². The van der Waals surface area contributed by atoms with Gasteiger partial charge in [-0.15, -0.1) is 5.10 Å². The van der Waals surface area contributed by atoms with E-state index in [-0.39, 0.29) is 106 Å². The van der Waals surface area contributed by atoms with E-state index in [1.54, 1.807) is 46.9 Å². The summed E-state index contributed by atoms with van der Waals surface area (Å²) in [6.07, 6.45) is 5.18. The van der Waals surface area contributed by atoms with Crippen molar-refractivity contribution in [1.82, 2.24) is 45.3 Å². The molecule has 4 aromatic rings. The summed E-state index contributed by atoms with van der Waals surface area (Å²) in [4.78, 5) is 116. The molecule has 2 aromatic heterocycles.